The van der Waals surface area contributed by atoms with Crippen LogP contribution in [0.4, 0.5) is 13.6 Å². The molecule has 0 fully saturated rings. The van der Waals surface area contributed by atoms with E-state index < -0.39 is 23.3 Å². The zero-order chi connectivity index (χ0) is 20.4. The fraction of sp³-hybridized carbons (Fsp3) is 0.125. The molecule has 0 aliphatic carbocycles. The highest BCUT2D eigenvalue weighted by molar-refractivity contribution is 5.76. The first-order valence-electron chi connectivity index (χ1n) is 9.24. The summed E-state index contributed by atoms with van der Waals surface area (Å²) in [6.45, 7) is 1.68. The lowest BCUT2D eigenvalue weighted by molar-refractivity contribution is 0.0828. The molecule has 4 rings (SSSR count). The Balaban J connectivity index is 1.77. The zero-order valence-electron chi connectivity index (χ0n) is 15.8. The largest absolute Gasteiger partial charge is 0.444 e. The fourth-order valence-electron chi connectivity index (χ4n) is 3.77. The molecule has 1 aliphatic rings. The average Bonchev–Trinajstić information content (AvgIpc) is 2.73. The summed E-state index contributed by atoms with van der Waals surface area (Å²) in [5.41, 5.74) is 0.608. The minimum absolute atomic E-state index is 0.0570. The van der Waals surface area contributed by atoms with E-state index >= 15 is 0 Å². The second-order valence-electron chi connectivity index (χ2n) is 6.98. The second kappa shape index (κ2) is 7.51. The van der Waals surface area contributed by atoms with Crippen molar-refractivity contribution in [3.8, 4) is 0 Å². The third kappa shape index (κ3) is 3.29. The molecule has 0 radical (unpaired) electrons. The standard InChI is InChI=1S/C24H19F2NO2/c1-24(22-20(25)12-7-13-21(22)26)19-11-6-5-10-18(19)14-15-27(24)23(28)29-16-17-8-3-2-4-9-17/h2-15H,16H2,1H3. The first kappa shape index (κ1) is 18.9. The molecule has 1 amide bonds. The number of benzene rings is 3. The van der Waals surface area contributed by atoms with Crippen LogP contribution < -0.4 is 0 Å². The maximum absolute atomic E-state index is 14.8. The number of nitrogens with zero attached hydrogens (tertiary/aromatic N) is 1. The highest BCUT2D eigenvalue weighted by Gasteiger charge is 2.45. The molecule has 0 saturated carbocycles. The van der Waals surface area contributed by atoms with E-state index in [-0.39, 0.29) is 12.2 Å². The van der Waals surface area contributed by atoms with Crippen LogP contribution in [0.25, 0.3) is 6.08 Å². The van der Waals surface area contributed by atoms with Crippen LogP contribution in [0.15, 0.2) is 79.0 Å². The Bertz CT molecular complexity index is 1060. The van der Waals surface area contributed by atoms with Gasteiger partial charge in [-0.15, -0.1) is 0 Å². The van der Waals surface area contributed by atoms with E-state index in [4.69, 9.17) is 4.74 Å². The molecular formula is C24H19F2NO2. The number of hydrogen-bond acceptors (Lipinski definition) is 2. The molecule has 3 aromatic carbocycles. The van der Waals surface area contributed by atoms with Crippen molar-refractivity contribution in [1.29, 1.82) is 0 Å². The molecule has 5 heteroatoms. The SMILES string of the molecule is CC1(c2c(F)cccc2F)c2ccccc2C=CN1C(=O)OCc1ccccc1. The minimum Gasteiger partial charge on any atom is -0.444 e. The van der Waals surface area contributed by atoms with Crippen molar-refractivity contribution in [2.24, 2.45) is 0 Å². The molecule has 1 unspecified atom stereocenters. The monoisotopic (exact) mass is 391 g/mol. The number of carbonyl (C=O) groups is 1. The number of halogens is 2. The van der Waals surface area contributed by atoms with Gasteiger partial charge in [-0.1, -0.05) is 60.7 Å². The summed E-state index contributed by atoms with van der Waals surface area (Å²) in [5.74, 6) is -1.45. The van der Waals surface area contributed by atoms with E-state index in [1.165, 1.54) is 29.3 Å². The van der Waals surface area contributed by atoms with Crippen LogP contribution in [0.5, 0.6) is 0 Å². The Labute approximate surface area is 167 Å². The first-order valence-corrected chi connectivity index (χ1v) is 9.24. The van der Waals surface area contributed by atoms with Crippen molar-refractivity contribution in [3.63, 3.8) is 0 Å². The third-order valence-electron chi connectivity index (χ3n) is 5.22. The van der Waals surface area contributed by atoms with Crippen LogP contribution in [0.2, 0.25) is 0 Å². The molecule has 0 saturated heterocycles. The van der Waals surface area contributed by atoms with E-state index in [2.05, 4.69) is 0 Å². The highest BCUT2D eigenvalue weighted by Crippen LogP contribution is 2.43. The van der Waals surface area contributed by atoms with Crippen molar-refractivity contribution >= 4 is 12.2 Å². The summed E-state index contributed by atoms with van der Waals surface area (Å²) in [5, 5.41) is 0. The summed E-state index contributed by atoms with van der Waals surface area (Å²) in [6, 6.07) is 20.2. The predicted molar refractivity (Wildman–Crippen MR) is 107 cm³/mol. The lowest BCUT2D eigenvalue weighted by Gasteiger charge is -2.42. The molecule has 3 aromatic rings. The molecule has 146 valence electrons. The van der Waals surface area contributed by atoms with E-state index in [1.807, 2.05) is 42.5 Å². The quantitative estimate of drug-likeness (QED) is 0.560. The van der Waals surface area contributed by atoms with Gasteiger partial charge in [0.1, 0.15) is 23.8 Å². The second-order valence-corrected chi connectivity index (χ2v) is 6.98. The molecule has 1 aliphatic heterocycles. The maximum atomic E-state index is 14.8. The van der Waals surface area contributed by atoms with Crippen molar-refractivity contribution in [2.45, 2.75) is 19.1 Å². The van der Waals surface area contributed by atoms with Crippen molar-refractivity contribution < 1.29 is 18.3 Å². The number of carbonyl (C=O) groups excluding carboxylic acids is 1. The molecule has 1 heterocycles. The van der Waals surface area contributed by atoms with E-state index in [1.54, 1.807) is 25.1 Å². The first-order chi connectivity index (χ1) is 14.0. The predicted octanol–water partition coefficient (Wildman–Crippen LogP) is 5.85. The summed E-state index contributed by atoms with van der Waals surface area (Å²) in [6.07, 6.45) is 2.56. The highest BCUT2D eigenvalue weighted by atomic mass is 19.1. The molecule has 0 bridgehead atoms. The zero-order valence-corrected chi connectivity index (χ0v) is 15.8. The topological polar surface area (TPSA) is 29.5 Å². The van der Waals surface area contributed by atoms with Gasteiger partial charge in [-0.3, -0.25) is 4.90 Å². The normalized spacial score (nSPS) is 17.7. The Morgan fingerprint density at radius 3 is 2.31 bits per heavy atom. The van der Waals surface area contributed by atoms with Gasteiger partial charge in [0.05, 0.1) is 5.56 Å². The number of fused-ring (bicyclic) bond motifs is 1. The molecule has 0 N–H and O–H groups in total. The van der Waals surface area contributed by atoms with Gasteiger partial charge >= 0.3 is 6.09 Å². The maximum Gasteiger partial charge on any atom is 0.415 e. The fourth-order valence-corrected chi connectivity index (χ4v) is 3.77. The summed E-state index contributed by atoms with van der Waals surface area (Å²) < 4.78 is 35.1. The van der Waals surface area contributed by atoms with Crippen molar-refractivity contribution in [3.05, 3.63) is 113 Å². The molecule has 1 atom stereocenters. The Morgan fingerprint density at radius 2 is 1.59 bits per heavy atom. The van der Waals surface area contributed by atoms with E-state index in [0.717, 1.165) is 11.1 Å². The Morgan fingerprint density at radius 1 is 0.931 bits per heavy atom. The number of rotatable bonds is 3. The van der Waals surface area contributed by atoms with Gasteiger partial charge in [0.25, 0.3) is 0 Å². The van der Waals surface area contributed by atoms with Crippen LogP contribution in [-0.4, -0.2) is 11.0 Å². The summed E-state index contributed by atoms with van der Waals surface area (Å²) in [4.78, 5) is 14.3. The van der Waals surface area contributed by atoms with Crippen LogP contribution in [0.3, 0.4) is 0 Å². The van der Waals surface area contributed by atoms with Crippen molar-refractivity contribution in [2.75, 3.05) is 0 Å². The lowest BCUT2D eigenvalue weighted by Crippen LogP contribution is -2.48. The molecule has 0 spiro atoms. The van der Waals surface area contributed by atoms with Gasteiger partial charge < -0.3 is 4.74 Å². The van der Waals surface area contributed by atoms with Crippen LogP contribution in [0, 0.1) is 11.6 Å². The van der Waals surface area contributed by atoms with E-state index in [0.29, 0.717) is 5.56 Å². The molecule has 29 heavy (non-hydrogen) atoms. The van der Waals surface area contributed by atoms with Crippen LogP contribution >= 0.6 is 0 Å². The number of amides is 1. The Kier molecular flexibility index (Phi) is 4.89. The van der Waals surface area contributed by atoms with Gasteiger partial charge in [0, 0.05) is 6.20 Å². The minimum atomic E-state index is -1.41. The molecular weight excluding hydrogens is 372 g/mol. The number of ether oxygens (including phenoxy) is 1. The average molecular weight is 391 g/mol. The third-order valence-corrected chi connectivity index (χ3v) is 5.22. The van der Waals surface area contributed by atoms with Crippen LogP contribution in [-0.2, 0) is 16.9 Å². The summed E-state index contributed by atoms with van der Waals surface area (Å²) in [7, 11) is 0. The Hall–Kier alpha value is -3.47. The smallest absolute Gasteiger partial charge is 0.415 e. The van der Waals surface area contributed by atoms with E-state index in [9.17, 15) is 13.6 Å². The van der Waals surface area contributed by atoms with Crippen molar-refractivity contribution in [1.82, 2.24) is 4.90 Å². The van der Waals surface area contributed by atoms with Gasteiger partial charge in [0.15, 0.2) is 0 Å². The van der Waals surface area contributed by atoms with Gasteiger partial charge in [-0.25, -0.2) is 13.6 Å². The lowest BCUT2D eigenvalue weighted by atomic mass is 9.78. The molecule has 0 aromatic heterocycles. The summed E-state index contributed by atoms with van der Waals surface area (Å²) >= 11 is 0. The van der Waals surface area contributed by atoms with Gasteiger partial charge in [-0.2, -0.15) is 0 Å². The number of hydrogen-bond donors (Lipinski definition) is 0. The van der Waals surface area contributed by atoms with Gasteiger partial charge in [0.2, 0.25) is 0 Å². The van der Waals surface area contributed by atoms with Crippen LogP contribution in [0.1, 0.15) is 29.2 Å². The van der Waals surface area contributed by atoms with Gasteiger partial charge in [-0.05, 0) is 41.8 Å². The molecule has 3 nitrogen and oxygen atoms in total.